The van der Waals surface area contributed by atoms with E-state index in [0.717, 1.165) is 0 Å². The predicted molar refractivity (Wildman–Crippen MR) is 75.2 cm³/mol. The summed E-state index contributed by atoms with van der Waals surface area (Å²) in [6.45, 7) is 8.36. The maximum absolute atomic E-state index is 12.2. The van der Waals surface area contributed by atoms with Gasteiger partial charge in [-0.15, -0.1) is 6.58 Å². The number of alkyl halides is 3. The molecule has 128 valence electrons. The first-order chi connectivity index (χ1) is 9.87. The number of carbonyl (C=O) groups is 2. The molecule has 0 aliphatic carbocycles. The van der Waals surface area contributed by atoms with Gasteiger partial charge in [-0.25, -0.2) is 0 Å². The van der Waals surface area contributed by atoms with Crippen molar-refractivity contribution in [3.63, 3.8) is 0 Å². The van der Waals surface area contributed by atoms with E-state index in [-0.39, 0.29) is 19.3 Å². The van der Waals surface area contributed by atoms with Crippen LogP contribution in [0.4, 0.5) is 13.2 Å². The van der Waals surface area contributed by atoms with E-state index in [1.54, 1.807) is 20.8 Å². The summed E-state index contributed by atoms with van der Waals surface area (Å²) in [6, 6.07) is 0. The van der Waals surface area contributed by atoms with Gasteiger partial charge >= 0.3 is 18.1 Å². The minimum atomic E-state index is -4.34. The minimum Gasteiger partial charge on any atom is -0.481 e. The molecule has 4 nitrogen and oxygen atoms in total. The van der Waals surface area contributed by atoms with E-state index in [0.29, 0.717) is 0 Å². The van der Waals surface area contributed by atoms with E-state index in [1.165, 1.54) is 6.08 Å². The second-order valence-electron chi connectivity index (χ2n) is 6.12. The molecule has 2 unspecified atom stereocenters. The lowest BCUT2D eigenvalue weighted by Gasteiger charge is -2.26. The third-order valence-corrected chi connectivity index (χ3v) is 2.91. The van der Waals surface area contributed by atoms with Crippen molar-refractivity contribution >= 4 is 11.9 Å². The number of carbonyl (C=O) groups excluding carboxylic acids is 1. The summed E-state index contributed by atoms with van der Waals surface area (Å²) in [5.74, 6) is -4.30. The van der Waals surface area contributed by atoms with Gasteiger partial charge in [-0.1, -0.05) is 6.08 Å². The lowest BCUT2D eigenvalue weighted by molar-refractivity contribution is -0.167. The SMILES string of the molecule is C=CCC(C(=O)OC(C)(C)C)C(CCCC(F)(F)F)C(=O)O. The van der Waals surface area contributed by atoms with E-state index in [2.05, 4.69) is 6.58 Å². The quantitative estimate of drug-likeness (QED) is 0.542. The zero-order valence-corrected chi connectivity index (χ0v) is 13.1. The standard InChI is InChI=1S/C15H23F3O4/c1-5-7-11(13(21)22-14(2,3)4)10(12(19)20)8-6-9-15(16,17)18/h5,10-11H,1,6-9H2,2-4H3,(H,19,20). The molecule has 22 heavy (non-hydrogen) atoms. The van der Waals surface area contributed by atoms with Crippen LogP contribution in [-0.2, 0) is 14.3 Å². The maximum atomic E-state index is 12.2. The number of aliphatic carboxylic acids is 1. The van der Waals surface area contributed by atoms with Gasteiger partial charge in [-0.05, 0) is 40.0 Å². The second kappa shape index (κ2) is 8.19. The lowest BCUT2D eigenvalue weighted by atomic mass is 9.85. The highest BCUT2D eigenvalue weighted by atomic mass is 19.4. The fourth-order valence-electron chi connectivity index (χ4n) is 2.00. The van der Waals surface area contributed by atoms with Gasteiger partial charge in [0.1, 0.15) is 5.60 Å². The molecule has 2 atom stereocenters. The molecule has 0 aromatic carbocycles. The van der Waals surface area contributed by atoms with Crippen molar-refractivity contribution in [2.45, 2.75) is 58.2 Å². The van der Waals surface area contributed by atoms with Crippen molar-refractivity contribution < 1.29 is 32.6 Å². The molecule has 0 amide bonds. The first kappa shape index (κ1) is 20.5. The average Bonchev–Trinajstić information content (AvgIpc) is 2.28. The summed E-state index contributed by atoms with van der Waals surface area (Å²) in [5, 5.41) is 9.22. The van der Waals surface area contributed by atoms with Crippen molar-refractivity contribution in [3.8, 4) is 0 Å². The van der Waals surface area contributed by atoms with Gasteiger partial charge in [0, 0.05) is 6.42 Å². The molecule has 0 fully saturated rings. The third-order valence-electron chi connectivity index (χ3n) is 2.91. The molecule has 0 aliphatic rings. The van der Waals surface area contributed by atoms with E-state index in [4.69, 9.17) is 4.74 Å². The molecule has 0 radical (unpaired) electrons. The molecule has 0 heterocycles. The van der Waals surface area contributed by atoms with Gasteiger partial charge in [0.2, 0.25) is 0 Å². The minimum absolute atomic E-state index is 0.0396. The molecule has 0 saturated carbocycles. The highest BCUT2D eigenvalue weighted by Gasteiger charge is 2.36. The fraction of sp³-hybridized carbons (Fsp3) is 0.733. The zero-order valence-electron chi connectivity index (χ0n) is 13.1. The Kier molecular flexibility index (Phi) is 7.62. The molecular weight excluding hydrogens is 301 g/mol. The molecule has 0 aliphatic heterocycles. The summed E-state index contributed by atoms with van der Waals surface area (Å²) in [5.41, 5.74) is -0.800. The van der Waals surface area contributed by atoms with Crippen LogP contribution < -0.4 is 0 Å². The van der Waals surface area contributed by atoms with E-state index in [9.17, 15) is 27.9 Å². The van der Waals surface area contributed by atoms with E-state index >= 15 is 0 Å². The summed E-state index contributed by atoms with van der Waals surface area (Å²) in [6.07, 6.45) is -4.61. The van der Waals surface area contributed by atoms with Gasteiger partial charge in [0.25, 0.3) is 0 Å². The molecule has 1 N–H and O–H groups in total. The van der Waals surface area contributed by atoms with Crippen LogP contribution in [-0.4, -0.2) is 28.8 Å². The molecule has 0 aromatic heterocycles. The Labute approximate surface area is 128 Å². The van der Waals surface area contributed by atoms with E-state index in [1.807, 2.05) is 0 Å². The topological polar surface area (TPSA) is 63.6 Å². The van der Waals surface area contributed by atoms with Crippen LogP contribution in [0.1, 0.15) is 46.5 Å². The van der Waals surface area contributed by atoms with Gasteiger partial charge in [0.15, 0.2) is 0 Å². The normalized spacial score (nSPS) is 15.0. The number of halogens is 3. The fourth-order valence-corrected chi connectivity index (χ4v) is 2.00. The number of carboxylic acids is 1. The number of hydrogen-bond donors (Lipinski definition) is 1. The largest absolute Gasteiger partial charge is 0.481 e. The molecule has 0 bridgehead atoms. The number of allylic oxidation sites excluding steroid dienone is 1. The molecular formula is C15H23F3O4. The van der Waals surface area contributed by atoms with Gasteiger partial charge in [-0.2, -0.15) is 13.2 Å². The Morgan fingerprint density at radius 2 is 1.77 bits per heavy atom. The molecule has 0 aromatic rings. The van der Waals surface area contributed by atoms with Crippen LogP contribution in [0.2, 0.25) is 0 Å². The van der Waals surface area contributed by atoms with Crippen LogP contribution in [0.3, 0.4) is 0 Å². The van der Waals surface area contributed by atoms with Crippen molar-refractivity contribution in [1.29, 1.82) is 0 Å². The highest BCUT2D eigenvalue weighted by molar-refractivity contribution is 5.81. The Morgan fingerprint density at radius 1 is 1.23 bits per heavy atom. The summed E-state index contributed by atoms with van der Waals surface area (Å²) >= 11 is 0. The van der Waals surface area contributed by atoms with Gasteiger partial charge < -0.3 is 9.84 Å². The Morgan fingerprint density at radius 3 is 2.14 bits per heavy atom. The average molecular weight is 324 g/mol. The number of rotatable bonds is 8. The van der Waals surface area contributed by atoms with Crippen LogP contribution in [0.25, 0.3) is 0 Å². The third kappa shape index (κ3) is 8.69. The Balaban J connectivity index is 4.99. The molecule has 0 spiro atoms. The number of hydrogen-bond acceptors (Lipinski definition) is 3. The predicted octanol–water partition coefficient (Wildman–Crippen LogP) is 3.95. The maximum Gasteiger partial charge on any atom is 0.389 e. The van der Waals surface area contributed by atoms with Crippen molar-refractivity contribution in [1.82, 2.24) is 0 Å². The zero-order chi connectivity index (χ0) is 17.6. The van der Waals surface area contributed by atoms with Crippen LogP contribution >= 0.6 is 0 Å². The summed E-state index contributed by atoms with van der Waals surface area (Å²) < 4.78 is 41.7. The number of ether oxygens (including phenoxy) is 1. The lowest BCUT2D eigenvalue weighted by Crippen LogP contribution is -2.35. The molecule has 7 heteroatoms. The van der Waals surface area contributed by atoms with Crippen molar-refractivity contribution in [3.05, 3.63) is 12.7 Å². The van der Waals surface area contributed by atoms with Crippen molar-refractivity contribution in [2.75, 3.05) is 0 Å². The first-order valence-electron chi connectivity index (χ1n) is 7.00. The van der Waals surface area contributed by atoms with Gasteiger partial charge in [0.05, 0.1) is 11.8 Å². The van der Waals surface area contributed by atoms with Crippen LogP contribution in [0.5, 0.6) is 0 Å². The summed E-state index contributed by atoms with van der Waals surface area (Å²) in [4.78, 5) is 23.4. The monoisotopic (exact) mass is 324 g/mol. The van der Waals surface area contributed by atoms with Crippen LogP contribution in [0.15, 0.2) is 12.7 Å². The second-order valence-corrected chi connectivity index (χ2v) is 6.12. The van der Waals surface area contributed by atoms with E-state index < -0.39 is 42.0 Å². The van der Waals surface area contributed by atoms with Gasteiger partial charge in [-0.3, -0.25) is 9.59 Å². The number of carboxylic acid groups (broad SMARTS) is 1. The van der Waals surface area contributed by atoms with Crippen LogP contribution in [0, 0.1) is 11.8 Å². The highest BCUT2D eigenvalue weighted by Crippen LogP contribution is 2.29. The Bertz CT molecular complexity index is 397. The molecule has 0 saturated heterocycles. The smallest absolute Gasteiger partial charge is 0.389 e. The Hall–Kier alpha value is -1.53. The first-order valence-corrected chi connectivity index (χ1v) is 7.00. The number of esters is 1. The molecule has 0 rings (SSSR count). The van der Waals surface area contributed by atoms with Crippen molar-refractivity contribution in [2.24, 2.45) is 11.8 Å². The summed E-state index contributed by atoms with van der Waals surface area (Å²) in [7, 11) is 0.